The minimum absolute atomic E-state index is 0.178. The highest BCUT2D eigenvalue weighted by Crippen LogP contribution is 2.26. The summed E-state index contributed by atoms with van der Waals surface area (Å²) >= 11 is 11.9. The zero-order chi connectivity index (χ0) is 18.4. The maximum Gasteiger partial charge on any atom is 0.246 e. The molecule has 0 atom stereocenters. The Morgan fingerprint density at radius 2 is 1.92 bits per heavy atom. The molecule has 0 radical (unpaired) electrons. The number of carbonyl (C=O) groups excluding carboxylic acids is 2. The second-order valence-electron chi connectivity index (χ2n) is 5.23. The van der Waals surface area contributed by atoms with Gasteiger partial charge in [0.2, 0.25) is 11.8 Å². The summed E-state index contributed by atoms with van der Waals surface area (Å²) in [6.45, 7) is -0.178. The van der Waals surface area contributed by atoms with Crippen LogP contribution in [0.3, 0.4) is 0 Å². The number of hydrogen-bond donors (Lipinski definition) is 1. The molecular weight excluding hydrogens is 366 g/mol. The van der Waals surface area contributed by atoms with Crippen LogP contribution in [0, 0.1) is 5.82 Å². The zero-order valence-corrected chi connectivity index (χ0v) is 14.8. The van der Waals surface area contributed by atoms with Crippen molar-refractivity contribution in [2.75, 3.05) is 18.9 Å². The van der Waals surface area contributed by atoms with E-state index in [1.54, 1.807) is 24.3 Å². The third-order valence-corrected chi connectivity index (χ3v) is 4.09. The first kappa shape index (κ1) is 19.0. The van der Waals surface area contributed by atoms with E-state index >= 15 is 0 Å². The average molecular weight is 381 g/mol. The van der Waals surface area contributed by atoms with Crippen LogP contribution in [0.4, 0.5) is 10.1 Å². The largest absolute Gasteiger partial charge is 0.333 e. The Bertz CT molecular complexity index is 824. The molecule has 0 spiro atoms. The Hall–Kier alpha value is -2.37. The molecule has 0 aliphatic heterocycles. The molecule has 0 unspecified atom stereocenters. The van der Waals surface area contributed by atoms with Gasteiger partial charge in [0.05, 0.1) is 16.6 Å². The van der Waals surface area contributed by atoms with Crippen molar-refractivity contribution in [1.82, 2.24) is 4.90 Å². The van der Waals surface area contributed by atoms with E-state index in [1.807, 2.05) is 0 Å². The van der Waals surface area contributed by atoms with Gasteiger partial charge in [-0.1, -0.05) is 41.4 Å². The number of nitrogens with one attached hydrogen (secondary N) is 1. The molecule has 0 aromatic heterocycles. The lowest BCUT2D eigenvalue weighted by Gasteiger charge is -2.15. The van der Waals surface area contributed by atoms with Crippen molar-refractivity contribution in [3.05, 3.63) is 70.0 Å². The third kappa shape index (κ3) is 5.59. The van der Waals surface area contributed by atoms with Crippen molar-refractivity contribution in [3.8, 4) is 0 Å². The number of benzene rings is 2. The number of amides is 2. The van der Waals surface area contributed by atoms with Gasteiger partial charge in [0.25, 0.3) is 0 Å². The molecule has 2 aromatic rings. The van der Waals surface area contributed by atoms with Crippen molar-refractivity contribution < 1.29 is 14.0 Å². The van der Waals surface area contributed by atoms with Crippen LogP contribution in [0.5, 0.6) is 0 Å². The number of halogens is 3. The summed E-state index contributed by atoms with van der Waals surface area (Å²) in [6.07, 6.45) is 2.82. The second-order valence-corrected chi connectivity index (χ2v) is 6.01. The van der Waals surface area contributed by atoms with Crippen molar-refractivity contribution in [1.29, 1.82) is 0 Å². The van der Waals surface area contributed by atoms with Crippen LogP contribution in [-0.2, 0) is 9.59 Å². The van der Waals surface area contributed by atoms with Gasteiger partial charge >= 0.3 is 0 Å². The Kier molecular flexibility index (Phi) is 6.56. The summed E-state index contributed by atoms with van der Waals surface area (Å²) < 4.78 is 13.1. The molecule has 0 aliphatic rings. The minimum atomic E-state index is -0.455. The van der Waals surface area contributed by atoms with Crippen LogP contribution in [0.15, 0.2) is 48.5 Å². The number of nitrogens with zero attached hydrogens (tertiary/aromatic N) is 1. The van der Waals surface area contributed by atoms with Gasteiger partial charge in [-0.15, -0.1) is 0 Å². The number of hydrogen-bond acceptors (Lipinski definition) is 2. The molecule has 2 amide bonds. The molecule has 0 saturated heterocycles. The van der Waals surface area contributed by atoms with Crippen LogP contribution in [0.25, 0.3) is 6.08 Å². The lowest BCUT2D eigenvalue weighted by Crippen LogP contribution is -2.33. The van der Waals surface area contributed by atoms with Gasteiger partial charge < -0.3 is 10.2 Å². The quantitative estimate of drug-likeness (QED) is 0.788. The number of anilines is 1. The minimum Gasteiger partial charge on any atom is -0.333 e. The Labute approximate surface area is 154 Å². The van der Waals surface area contributed by atoms with E-state index in [0.717, 1.165) is 0 Å². The zero-order valence-electron chi connectivity index (χ0n) is 13.3. The maximum atomic E-state index is 13.1. The fourth-order valence-electron chi connectivity index (χ4n) is 2.00. The highest BCUT2D eigenvalue weighted by atomic mass is 35.5. The van der Waals surface area contributed by atoms with E-state index in [-0.39, 0.29) is 12.5 Å². The molecule has 4 nitrogen and oxygen atoms in total. The predicted molar refractivity (Wildman–Crippen MR) is 98.2 cm³/mol. The van der Waals surface area contributed by atoms with Crippen molar-refractivity contribution >= 4 is 46.8 Å². The van der Waals surface area contributed by atoms with Gasteiger partial charge in [-0.2, -0.15) is 0 Å². The fourth-order valence-corrected chi connectivity index (χ4v) is 2.37. The first-order chi connectivity index (χ1) is 11.9. The molecule has 1 N–H and O–H groups in total. The van der Waals surface area contributed by atoms with Gasteiger partial charge in [-0.25, -0.2) is 4.39 Å². The lowest BCUT2D eigenvalue weighted by atomic mass is 10.2. The monoisotopic (exact) mass is 380 g/mol. The van der Waals surface area contributed by atoms with Crippen LogP contribution >= 0.6 is 23.2 Å². The van der Waals surface area contributed by atoms with Gasteiger partial charge in [0.1, 0.15) is 5.82 Å². The summed E-state index contributed by atoms with van der Waals surface area (Å²) in [5.41, 5.74) is 0.923. The van der Waals surface area contributed by atoms with Crippen LogP contribution in [0.2, 0.25) is 10.0 Å². The van der Waals surface area contributed by atoms with E-state index in [2.05, 4.69) is 5.32 Å². The van der Waals surface area contributed by atoms with Crippen LogP contribution in [-0.4, -0.2) is 30.3 Å². The van der Waals surface area contributed by atoms with Crippen LogP contribution in [0.1, 0.15) is 5.56 Å². The molecule has 130 valence electrons. The number of rotatable bonds is 5. The van der Waals surface area contributed by atoms with Crippen molar-refractivity contribution in [3.63, 3.8) is 0 Å². The summed E-state index contributed by atoms with van der Waals surface area (Å²) in [5.74, 6) is -1.27. The Morgan fingerprint density at radius 1 is 1.20 bits per heavy atom. The molecule has 7 heteroatoms. The lowest BCUT2D eigenvalue weighted by molar-refractivity contribution is -0.129. The first-order valence-electron chi connectivity index (χ1n) is 7.29. The summed E-state index contributed by atoms with van der Waals surface area (Å²) in [6, 6.07) is 10.6. The second kappa shape index (κ2) is 8.65. The van der Waals surface area contributed by atoms with E-state index in [0.29, 0.717) is 21.3 Å². The molecular formula is C18H15Cl2FN2O2. The Balaban J connectivity index is 1.94. The molecule has 25 heavy (non-hydrogen) atoms. The number of likely N-dealkylation sites (N-methyl/N-ethyl adjacent to an activating group) is 1. The van der Waals surface area contributed by atoms with E-state index in [4.69, 9.17) is 23.2 Å². The van der Waals surface area contributed by atoms with Gasteiger partial charge in [-0.3, -0.25) is 9.59 Å². The van der Waals surface area contributed by atoms with Crippen LogP contribution < -0.4 is 5.32 Å². The summed E-state index contributed by atoms with van der Waals surface area (Å²) in [7, 11) is 1.48. The Morgan fingerprint density at radius 3 is 2.64 bits per heavy atom. The topological polar surface area (TPSA) is 49.4 Å². The van der Waals surface area contributed by atoms with E-state index in [9.17, 15) is 14.0 Å². The fraction of sp³-hybridized carbons (Fsp3) is 0.111. The molecule has 0 saturated carbocycles. The highest BCUT2D eigenvalue weighted by Gasteiger charge is 2.11. The SMILES string of the molecule is CN(CC(=O)Nc1cccc(F)c1)C(=O)/C=C/c1cccc(Cl)c1Cl. The third-order valence-electron chi connectivity index (χ3n) is 3.25. The molecule has 0 bridgehead atoms. The normalized spacial score (nSPS) is 10.7. The molecule has 2 rings (SSSR count). The van der Waals surface area contributed by atoms with Gasteiger partial charge in [0, 0.05) is 18.8 Å². The maximum absolute atomic E-state index is 13.1. The van der Waals surface area contributed by atoms with E-state index < -0.39 is 11.7 Å². The molecule has 0 fully saturated rings. The summed E-state index contributed by atoms with van der Waals surface area (Å²) in [5, 5.41) is 3.26. The predicted octanol–water partition coefficient (Wildman–Crippen LogP) is 4.24. The molecule has 2 aromatic carbocycles. The molecule has 0 heterocycles. The highest BCUT2D eigenvalue weighted by molar-refractivity contribution is 6.42. The van der Waals surface area contributed by atoms with Crippen molar-refractivity contribution in [2.24, 2.45) is 0 Å². The standard InChI is InChI=1S/C18H15Cl2FN2O2/c1-23(11-16(24)22-14-6-3-5-13(21)10-14)17(25)9-8-12-4-2-7-15(19)18(12)20/h2-10H,11H2,1H3,(H,22,24)/b9-8+. The summed E-state index contributed by atoms with van der Waals surface area (Å²) in [4.78, 5) is 25.2. The van der Waals surface area contributed by atoms with Crippen molar-refractivity contribution in [2.45, 2.75) is 0 Å². The molecule has 0 aliphatic carbocycles. The number of carbonyl (C=O) groups is 2. The average Bonchev–Trinajstić information content (AvgIpc) is 2.55. The van der Waals surface area contributed by atoms with Gasteiger partial charge in [-0.05, 0) is 35.9 Å². The van der Waals surface area contributed by atoms with Gasteiger partial charge in [0.15, 0.2) is 0 Å². The smallest absolute Gasteiger partial charge is 0.246 e. The van der Waals surface area contributed by atoms with E-state index in [1.165, 1.54) is 42.3 Å². The first-order valence-corrected chi connectivity index (χ1v) is 8.05.